The zero-order chi connectivity index (χ0) is 18.5. The van der Waals surface area contributed by atoms with E-state index in [9.17, 15) is 4.39 Å². The minimum atomic E-state index is -0.0979. The molecular formula is C21H33FIN3O. The van der Waals surface area contributed by atoms with Gasteiger partial charge in [0.1, 0.15) is 5.82 Å². The molecule has 152 valence electrons. The molecule has 0 heterocycles. The Balaban J connectivity index is 0.00000261. The van der Waals surface area contributed by atoms with Crippen LogP contribution in [0.5, 0.6) is 0 Å². The molecule has 2 aliphatic rings. The third-order valence-electron chi connectivity index (χ3n) is 6.25. The van der Waals surface area contributed by atoms with Gasteiger partial charge in [-0.25, -0.2) is 4.39 Å². The van der Waals surface area contributed by atoms with Crippen LogP contribution in [0.1, 0.15) is 50.5 Å². The second-order valence-electron chi connectivity index (χ2n) is 7.99. The fourth-order valence-electron chi connectivity index (χ4n) is 4.29. The van der Waals surface area contributed by atoms with E-state index in [4.69, 9.17) is 4.74 Å². The highest BCUT2D eigenvalue weighted by Crippen LogP contribution is 2.48. The van der Waals surface area contributed by atoms with Crippen molar-refractivity contribution in [1.82, 2.24) is 10.6 Å². The first-order chi connectivity index (χ1) is 12.6. The van der Waals surface area contributed by atoms with Gasteiger partial charge in [0.05, 0.1) is 0 Å². The number of aliphatic imine (C=N–C) groups is 1. The van der Waals surface area contributed by atoms with Crippen LogP contribution in [0, 0.1) is 11.2 Å². The molecule has 0 aliphatic heterocycles. The van der Waals surface area contributed by atoms with Crippen molar-refractivity contribution < 1.29 is 9.13 Å². The standard InChI is InChI=1S/C21H32FN3O.HI/c1-23-19(24-15-20(13-14-26-2)9-5-6-10-20)25-16-21(11-12-21)17-7-3-4-8-18(17)22;/h3-4,7-8H,5-6,9-16H2,1-2H3,(H2,23,24,25);1H. The average molecular weight is 489 g/mol. The predicted molar refractivity (Wildman–Crippen MR) is 119 cm³/mol. The Bertz CT molecular complexity index is 628. The summed E-state index contributed by atoms with van der Waals surface area (Å²) in [5.74, 6) is 0.718. The van der Waals surface area contributed by atoms with Crippen LogP contribution in [0.15, 0.2) is 29.3 Å². The molecule has 27 heavy (non-hydrogen) atoms. The fourth-order valence-corrected chi connectivity index (χ4v) is 4.29. The lowest BCUT2D eigenvalue weighted by molar-refractivity contribution is 0.138. The van der Waals surface area contributed by atoms with Gasteiger partial charge in [0.15, 0.2) is 5.96 Å². The Morgan fingerprint density at radius 3 is 2.37 bits per heavy atom. The topological polar surface area (TPSA) is 45.7 Å². The molecule has 2 fully saturated rings. The highest BCUT2D eigenvalue weighted by atomic mass is 127. The van der Waals surface area contributed by atoms with Crippen LogP contribution < -0.4 is 10.6 Å². The van der Waals surface area contributed by atoms with Gasteiger partial charge in [0, 0.05) is 39.3 Å². The third kappa shape index (κ3) is 5.56. The second kappa shape index (κ2) is 10.0. The Morgan fingerprint density at radius 2 is 1.78 bits per heavy atom. The summed E-state index contributed by atoms with van der Waals surface area (Å²) in [4.78, 5) is 4.38. The molecule has 1 aromatic rings. The Morgan fingerprint density at radius 1 is 1.11 bits per heavy atom. The number of ether oxygens (including phenoxy) is 1. The maximum Gasteiger partial charge on any atom is 0.191 e. The Hall–Kier alpha value is -0.890. The van der Waals surface area contributed by atoms with E-state index in [1.807, 2.05) is 12.1 Å². The van der Waals surface area contributed by atoms with E-state index >= 15 is 0 Å². The zero-order valence-corrected chi connectivity index (χ0v) is 18.9. The minimum absolute atomic E-state index is 0. The van der Waals surface area contributed by atoms with E-state index < -0.39 is 0 Å². The van der Waals surface area contributed by atoms with Crippen molar-refractivity contribution in [3.8, 4) is 0 Å². The minimum Gasteiger partial charge on any atom is -0.385 e. The van der Waals surface area contributed by atoms with Gasteiger partial charge in [0.25, 0.3) is 0 Å². The first kappa shape index (κ1) is 22.4. The van der Waals surface area contributed by atoms with Gasteiger partial charge in [-0.05, 0) is 49.1 Å². The molecule has 0 saturated heterocycles. The number of benzene rings is 1. The summed E-state index contributed by atoms with van der Waals surface area (Å²) in [7, 11) is 3.57. The van der Waals surface area contributed by atoms with Gasteiger partial charge in [-0.2, -0.15) is 0 Å². The number of methoxy groups -OCH3 is 1. The van der Waals surface area contributed by atoms with E-state index in [2.05, 4.69) is 15.6 Å². The van der Waals surface area contributed by atoms with Crippen molar-refractivity contribution >= 4 is 29.9 Å². The summed E-state index contributed by atoms with van der Waals surface area (Å²) in [5, 5.41) is 6.95. The molecule has 3 rings (SSSR count). The third-order valence-corrected chi connectivity index (χ3v) is 6.25. The second-order valence-corrected chi connectivity index (χ2v) is 7.99. The molecule has 0 atom stereocenters. The number of nitrogens with one attached hydrogen (secondary N) is 2. The lowest BCUT2D eigenvalue weighted by atomic mass is 9.83. The van der Waals surface area contributed by atoms with Gasteiger partial charge in [-0.1, -0.05) is 31.0 Å². The Kier molecular flexibility index (Phi) is 8.34. The summed E-state index contributed by atoms with van der Waals surface area (Å²) >= 11 is 0. The molecule has 0 aromatic heterocycles. The number of hydrogen-bond acceptors (Lipinski definition) is 2. The smallest absolute Gasteiger partial charge is 0.191 e. The average Bonchev–Trinajstić information content (AvgIpc) is 3.30. The molecule has 0 bridgehead atoms. The van der Waals surface area contributed by atoms with E-state index in [0.29, 0.717) is 5.41 Å². The van der Waals surface area contributed by atoms with E-state index in [1.165, 1.54) is 25.7 Å². The zero-order valence-electron chi connectivity index (χ0n) is 16.5. The van der Waals surface area contributed by atoms with E-state index in [1.54, 1.807) is 26.3 Å². The quantitative estimate of drug-likeness (QED) is 0.326. The SMILES string of the molecule is CN=C(NCC1(CCOC)CCCC1)NCC1(c2ccccc2F)CC1.I. The monoisotopic (exact) mass is 489 g/mol. The molecule has 0 amide bonds. The van der Waals surface area contributed by atoms with Crippen LogP contribution in [-0.2, 0) is 10.2 Å². The van der Waals surface area contributed by atoms with E-state index in [0.717, 1.165) is 50.5 Å². The highest BCUT2D eigenvalue weighted by Gasteiger charge is 2.46. The van der Waals surface area contributed by atoms with E-state index in [-0.39, 0.29) is 35.2 Å². The highest BCUT2D eigenvalue weighted by molar-refractivity contribution is 14.0. The van der Waals surface area contributed by atoms with Crippen LogP contribution in [0.25, 0.3) is 0 Å². The van der Waals surface area contributed by atoms with Crippen LogP contribution in [0.4, 0.5) is 4.39 Å². The number of rotatable bonds is 8. The summed E-state index contributed by atoms with van der Waals surface area (Å²) in [6.45, 7) is 2.45. The van der Waals surface area contributed by atoms with Crippen molar-refractivity contribution in [3.05, 3.63) is 35.6 Å². The molecule has 0 spiro atoms. The lowest BCUT2D eigenvalue weighted by Crippen LogP contribution is -2.45. The molecule has 2 aliphatic carbocycles. The normalized spacial score (nSPS) is 20.0. The van der Waals surface area contributed by atoms with Crippen LogP contribution in [0.3, 0.4) is 0 Å². The van der Waals surface area contributed by atoms with Crippen LogP contribution in [-0.4, -0.2) is 39.8 Å². The maximum absolute atomic E-state index is 14.2. The lowest BCUT2D eigenvalue weighted by Gasteiger charge is -2.30. The molecule has 6 heteroatoms. The Labute approximate surface area is 179 Å². The summed E-state index contributed by atoms with van der Waals surface area (Å²) < 4.78 is 19.5. The van der Waals surface area contributed by atoms with Gasteiger partial charge in [-0.15, -0.1) is 24.0 Å². The van der Waals surface area contributed by atoms with Gasteiger partial charge in [0.2, 0.25) is 0 Å². The number of hydrogen-bond donors (Lipinski definition) is 2. The first-order valence-electron chi connectivity index (χ1n) is 9.82. The van der Waals surface area contributed by atoms with Crippen molar-refractivity contribution in [2.24, 2.45) is 10.4 Å². The van der Waals surface area contributed by atoms with Gasteiger partial charge >= 0.3 is 0 Å². The number of guanidine groups is 1. The molecule has 0 unspecified atom stereocenters. The molecule has 1 aromatic carbocycles. The molecular weight excluding hydrogens is 456 g/mol. The summed E-state index contributed by atoms with van der Waals surface area (Å²) in [5.41, 5.74) is 1.07. The van der Waals surface area contributed by atoms with Gasteiger partial charge < -0.3 is 15.4 Å². The first-order valence-corrected chi connectivity index (χ1v) is 9.82. The molecule has 2 saturated carbocycles. The number of nitrogens with zero attached hydrogens (tertiary/aromatic N) is 1. The van der Waals surface area contributed by atoms with Crippen molar-refractivity contribution in [2.75, 3.05) is 33.9 Å². The molecule has 4 nitrogen and oxygen atoms in total. The van der Waals surface area contributed by atoms with Crippen molar-refractivity contribution in [2.45, 2.75) is 50.4 Å². The fraction of sp³-hybridized carbons (Fsp3) is 0.667. The predicted octanol–water partition coefficient (Wildman–Crippen LogP) is 4.24. The van der Waals surface area contributed by atoms with Crippen LogP contribution in [0.2, 0.25) is 0 Å². The van der Waals surface area contributed by atoms with Crippen molar-refractivity contribution in [3.63, 3.8) is 0 Å². The summed E-state index contributed by atoms with van der Waals surface area (Å²) in [6.07, 6.45) is 8.23. The van der Waals surface area contributed by atoms with Gasteiger partial charge in [-0.3, -0.25) is 4.99 Å². The molecule has 0 radical (unpaired) electrons. The largest absolute Gasteiger partial charge is 0.385 e. The van der Waals surface area contributed by atoms with Crippen molar-refractivity contribution in [1.29, 1.82) is 0 Å². The number of halogens is 2. The maximum atomic E-state index is 14.2. The summed E-state index contributed by atoms with van der Waals surface area (Å²) in [6, 6.07) is 7.15. The molecule has 2 N–H and O–H groups in total. The van der Waals surface area contributed by atoms with Crippen LogP contribution >= 0.6 is 24.0 Å².